The maximum Gasteiger partial charge on any atom is 0.128 e. The summed E-state index contributed by atoms with van der Waals surface area (Å²) in [6.07, 6.45) is 3.04. The number of nitrogens with zero attached hydrogens (tertiary/aromatic N) is 3. The van der Waals surface area contributed by atoms with E-state index in [2.05, 4.69) is 14.8 Å². The molecule has 6 heteroatoms. The highest BCUT2D eigenvalue weighted by molar-refractivity contribution is 5.44. The molecule has 1 aromatic carbocycles. The lowest BCUT2D eigenvalue weighted by atomic mass is 10.2. The van der Waals surface area contributed by atoms with Crippen molar-refractivity contribution in [3.63, 3.8) is 0 Å². The Bertz CT molecular complexity index is 648. The van der Waals surface area contributed by atoms with Gasteiger partial charge in [-0.3, -0.25) is 9.88 Å². The summed E-state index contributed by atoms with van der Waals surface area (Å²) in [6.45, 7) is 4.60. The zero-order valence-corrected chi connectivity index (χ0v) is 14.2. The Morgan fingerprint density at radius 2 is 1.80 bits per heavy atom. The van der Waals surface area contributed by atoms with Gasteiger partial charge in [-0.2, -0.15) is 0 Å². The highest BCUT2D eigenvalue weighted by Gasteiger charge is 2.19. The number of benzene rings is 1. The molecule has 25 heavy (non-hydrogen) atoms. The molecule has 0 aliphatic carbocycles. The van der Waals surface area contributed by atoms with E-state index in [1.165, 1.54) is 11.8 Å². The first-order chi connectivity index (χ1) is 12.2. The Morgan fingerprint density at radius 1 is 1.08 bits per heavy atom. The van der Waals surface area contributed by atoms with Crippen molar-refractivity contribution in [3.8, 4) is 0 Å². The summed E-state index contributed by atoms with van der Waals surface area (Å²) in [4.78, 5) is 8.59. The Morgan fingerprint density at radius 3 is 2.52 bits per heavy atom. The van der Waals surface area contributed by atoms with E-state index < -0.39 is 6.10 Å². The summed E-state index contributed by atoms with van der Waals surface area (Å²) in [5.41, 5.74) is 1.70. The molecule has 1 N–H and O–H groups in total. The van der Waals surface area contributed by atoms with Crippen LogP contribution in [0, 0.1) is 5.82 Å². The van der Waals surface area contributed by atoms with Crippen LogP contribution in [0.2, 0.25) is 0 Å². The molecule has 0 saturated carbocycles. The molecule has 3 rings (SSSR count). The molecule has 1 aliphatic rings. The number of β-amino-alcohol motifs (C(OH)–C–C–N with tert-alkyl or cyclic N) is 1. The quantitative estimate of drug-likeness (QED) is 0.831. The van der Waals surface area contributed by atoms with Crippen LogP contribution < -0.4 is 4.90 Å². The molecule has 134 valence electrons. The van der Waals surface area contributed by atoms with Gasteiger partial charge >= 0.3 is 0 Å². The molecular formula is C19H24FN3O2. The van der Waals surface area contributed by atoms with Gasteiger partial charge in [-0.1, -0.05) is 18.2 Å². The van der Waals surface area contributed by atoms with Gasteiger partial charge in [-0.15, -0.1) is 0 Å². The number of hydrogen-bond donors (Lipinski definition) is 1. The van der Waals surface area contributed by atoms with Crippen LogP contribution in [-0.4, -0.2) is 60.4 Å². The summed E-state index contributed by atoms with van der Waals surface area (Å²) in [5.74, 6) is -0.274. The number of aliphatic hydroxyl groups excluding tert-OH is 1. The summed E-state index contributed by atoms with van der Waals surface area (Å²) >= 11 is 0. The van der Waals surface area contributed by atoms with Crippen molar-refractivity contribution in [3.05, 3.63) is 60.2 Å². The van der Waals surface area contributed by atoms with Gasteiger partial charge < -0.3 is 14.7 Å². The van der Waals surface area contributed by atoms with E-state index >= 15 is 0 Å². The average Bonchev–Trinajstić information content (AvgIpc) is 2.65. The monoisotopic (exact) mass is 345 g/mol. The summed E-state index contributed by atoms with van der Waals surface area (Å²) in [7, 11) is 0. The third kappa shape index (κ3) is 5.22. The maximum absolute atomic E-state index is 13.5. The molecule has 0 radical (unpaired) electrons. The van der Waals surface area contributed by atoms with Crippen molar-refractivity contribution in [2.24, 2.45) is 0 Å². The summed E-state index contributed by atoms with van der Waals surface area (Å²) in [5, 5.41) is 10.1. The number of aromatic nitrogens is 1. The molecule has 0 spiro atoms. The molecule has 1 saturated heterocycles. The van der Waals surface area contributed by atoms with Crippen LogP contribution in [0.25, 0.3) is 0 Å². The van der Waals surface area contributed by atoms with Gasteiger partial charge in [-0.25, -0.2) is 4.39 Å². The number of halogens is 1. The molecule has 1 fully saturated rings. The molecule has 1 aliphatic heterocycles. The minimum absolute atomic E-state index is 0.180. The molecule has 5 nitrogen and oxygen atoms in total. The number of ether oxygens (including phenoxy) is 1. The van der Waals surface area contributed by atoms with Gasteiger partial charge in [0, 0.05) is 56.4 Å². The van der Waals surface area contributed by atoms with Gasteiger partial charge in [0.05, 0.1) is 19.3 Å². The van der Waals surface area contributed by atoms with E-state index in [-0.39, 0.29) is 19.0 Å². The first-order valence-electron chi connectivity index (χ1n) is 8.59. The molecule has 1 atom stereocenters. The number of pyridine rings is 1. The Balaban J connectivity index is 1.36. The lowest BCUT2D eigenvalue weighted by molar-refractivity contribution is 0.00839. The number of rotatable bonds is 7. The number of hydrogen-bond acceptors (Lipinski definition) is 5. The van der Waals surface area contributed by atoms with E-state index in [1.54, 1.807) is 30.6 Å². The molecule has 2 aromatic rings. The minimum atomic E-state index is -0.570. The van der Waals surface area contributed by atoms with E-state index in [0.717, 1.165) is 26.2 Å². The topological polar surface area (TPSA) is 48.8 Å². The fraction of sp³-hybridized carbons (Fsp3) is 0.421. The van der Waals surface area contributed by atoms with Crippen LogP contribution >= 0.6 is 0 Å². The minimum Gasteiger partial charge on any atom is -0.389 e. The van der Waals surface area contributed by atoms with Crippen LogP contribution in [0.1, 0.15) is 5.56 Å². The average molecular weight is 345 g/mol. The zero-order valence-electron chi connectivity index (χ0n) is 14.2. The van der Waals surface area contributed by atoms with Crippen molar-refractivity contribution >= 4 is 5.69 Å². The number of piperazine rings is 1. The molecule has 1 aromatic heterocycles. The second-order valence-corrected chi connectivity index (χ2v) is 6.25. The number of aliphatic hydroxyl groups is 1. The normalized spacial score (nSPS) is 16.8. The largest absolute Gasteiger partial charge is 0.389 e. The van der Waals surface area contributed by atoms with Crippen LogP contribution in [-0.2, 0) is 11.3 Å². The lowest BCUT2D eigenvalue weighted by Crippen LogP contribution is -2.49. The van der Waals surface area contributed by atoms with Crippen molar-refractivity contribution in [1.82, 2.24) is 9.88 Å². The second-order valence-electron chi connectivity index (χ2n) is 6.25. The fourth-order valence-electron chi connectivity index (χ4n) is 3.01. The van der Waals surface area contributed by atoms with Crippen LogP contribution in [0.4, 0.5) is 10.1 Å². The highest BCUT2D eigenvalue weighted by atomic mass is 19.1. The van der Waals surface area contributed by atoms with Gasteiger partial charge in [0.25, 0.3) is 0 Å². The van der Waals surface area contributed by atoms with Crippen molar-refractivity contribution < 1.29 is 14.2 Å². The molecule has 2 heterocycles. The molecule has 0 amide bonds. The SMILES string of the molecule is OC(COCc1ccccc1F)CN1CCN(c2ccncc2)CC1. The molecule has 0 bridgehead atoms. The second kappa shape index (κ2) is 8.89. The van der Waals surface area contributed by atoms with Gasteiger partial charge in [0.1, 0.15) is 5.82 Å². The third-order valence-corrected chi connectivity index (χ3v) is 4.39. The zero-order chi connectivity index (χ0) is 17.5. The highest BCUT2D eigenvalue weighted by Crippen LogP contribution is 2.15. The lowest BCUT2D eigenvalue weighted by Gasteiger charge is -2.36. The van der Waals surface area contributed by atoms with E-state index in [9.17, 15) is 9.50 Å². The van der Waals surface area contributed by atoms with E-state index in [1.807, 2.05) is 12.1 Å². The Labute approximate surface area is 147 Å². The number of anilines is 1. The van der Waals surface area contributed by atoms with Crippen molar-refractivity contribution in [2.45, 2.75) is 12.7 Å². The first kappa shape index (κ1) is 17.8. The van der Waals surface area contributed by atoms with E-state index in [0.29, 0.717) is 12.1 Å². The Kier molecular flexibility index (Phi) is 6.33. The van der Waals surface area contributed by atoms with Crippen LogP contribution in [0.3, 0.4) is 0 Å². The summed E-state index contributed by atoms with van der Waals surface area (Å²) < 4.78 is 19.0. The van der Waals surface area contributed by atoms with Crippen molar-refractivity contribution in [1.29, 1.82) is 0 Å². The predicted molar refractivity (Wildman–Crippen MR) is 95.0 cm³/mol. The van der Waals surface area contributed by atoms with Gasteiger partial charge in [0.2, 0.25) is 0 Å². The standard InChI is InChI=1S/C19H24FN3O2/c20-19-4-2-1-3-16(19)14-25-15-18(24)13-22-9-11-23(12-10-22)17-5-7-21-8-6-17/h1-8,18,24H,9-15H2. The fourth-order valence-corrected chi connectivity index (χ4v) is 3.01. The van der Waals surface area contributed by atoms with Crippen molar-refractivity contribution in [2.75, 3.05) is 44.2 Å². The van der Waals surface area contributed by atoms with Gasteiger partial charge in [0.15, 0.2) is 0 Å². The molecule has 1 unspecified atom stereocenters. The van der Waals surface area contributed by atoms with E-state index in [4.69, 9.17) is 4.74 Å². The third-order valence-electron chi connectivity index (χ3n) is 4.39. The smallest absolute Gasteiger partial charge is 0.128 e. The van der Waals surface area contributed by atoms with Crippen LogP contribution in [0.5, 0.6) is 0 Å². The Hall–Kier alpha value is -2.02. The maximum atomic E-state index is 13.5. The van der Waals surface area contributed by atoms with Gasteiger partial charge in [-0.05, 0) is 18.2 Å². The molecular weight excluding hydrogens is 321 g/mol. The predicted octanol–water partition coefficient (Wildman–Crippen LogP) is 1.92. The van der Waals surface area contributed by atoms with Crippen LogP contribution in [0.15, 0.2) is 48.8 Å². The summed E-state index contributed by atoms with van der Waals surface area (Å²) in [6, 6.07) is 10.6. The first-order valence-corrected chi connectivity index (χ1v) is 8.59.